The third-order valence-electron chi connectivity index (χ3n) is 5.12. The molecule has 0 aliphatic carbocycles. The van der Waals surface area contributed by atoms with E-state index in [9.17, 15) is 13.2 Å². The molecule has 7 nitrogen and oxygen atoms in total. The summed E-state index contributed by atoms with van der Waals surface area (Å²) >= 11 is 1.16. The fourth-order valence-corrected chi connectivity index (χ4v) is 6.26. The Morgan fingerprint density at radius 1 is 1.17 bits per heavy atom. The van der Waals surface area contributed by atoms with Gasteiger partial charge in [-0.05, 0) is 49.8 Å². The Labute approximate surface area is 176 Å². The second-order valence-corrected chi connectivity index (χ2v) is 9.78. The number of carbonyl (C=O) groups is 1. The molecular formula is C20H28N4O3S2. The number of amides is 1. The Balaban J connectivity index is 1.67. The average Bonchev–Trinajstić information content (AvgIpc) is 3.25. The first-order valence-electron chi connectivity index (χ1n) is 10.0. The minimum absolute atomic E-state index is 0.108. The van der Waals surface area contributed by atoms with Crippen LogP contribution >= 0.6 is 11.3 Å². The Hall–Kier alpha value is -1.97. The highest BCUT2D eigenvalue weighted by Gasteiger charge is 2.30. The monoisotopic (exact) mass is 436 g/mol. The van der Waals surface area contributed by atoms with E-state index in [4.69, 9.17) is 0 Å². The average molecular weight is 437 g/mol. The molecule has 3 heterocycles. The standard InChI is InChI=1S/C20H28N4O3S2/c1-3-23(4-2)18-9-8-16(14-21-18)15-22-20(25)19-17(10-13-28-19)29(26,27)24-11-6-5-7-12-24/h8-10,13-14H,3-7,11-12,15H2,1-2H3,(H,22,25). The highest BCUT2D eigenvalue weighted by molar-refractivity contribution is 7.89. The summed E-state index contributed by atoms with van der Waals surface area (Å²) in [7, 11) is -3.63. The van der Waals surface area contributed by atoms with Crippen molar-refractivity contribution in [3.8, 4) is 0 Å². The number of rotatable bonds is 8. The SMILES string of the molecule is CCN(CC)c1ccc(CNC(=O)c2sccc2S(=O)(=O)N2CCCCC2)cn1. The van der Waals surface area contributed by atoms with Crippen molar-refractivity contribution in [1.29, 1.82) is 0 Å². The van der Waals surface area contributed by atoms with Gasteiger partial charge in [0.1, 0.15) is 15.6 Å². The van der Waals surface area contributed by atoms with E-state index in [0.29, 0.717) is 19.6 Å². The van der Waals surface area contributed by atoms with Crippen LogP contribution in [0, 0.1) is 0 Å². The first-order valence-corrected chi connectivity index (χ1v) is 12.3. The molecule has 2 aromatic heterocycles. The van der Waals surface area contributed by atoms with Gasteiger partial charge in [0.15, 0.2) is 0 Å². The first-order chi connectivity index (χ1) is 14.0. The molecule has 0 unspecified atom stereocenters. The van der Waals surface area contributed by atoms with Gasteiger partial charge in [0, 0.05) is 38.9 Å². The summed E-state index contributed by atoms with van der Waals surface area (Å²) in [5.74, 6) is 0.529. The molecule has 1 amide bonds. The van der Waals surface area contributed by atoms with Crippen LogP contribution in [0.5, 0.6) is 0 Å². The van der Waals surface area contributed by atoms with Gasteiger partial charge >= 0.3 is 0 Å². The molecule has 0 atom stereocenters. The molecule has 29 heavy (non-hydrogen) atoms. The van der Waals surface area contributed by atoms with Crippen LogP contribution in [0.1, 0.15) is 48.3 Å². The lowest BCUT2D eigenvalue weighted by Gasteiger charge is -2.25. The second-order valence-electron chi connectivity index (χ2n) is 6.96. The molecule has 2 aromatic rings. The Kier molecular flexibility index (Phi) is 7.26. The number of piperidine rings is 1. The number of nitrogens with one attached hydrogen (secondary N) is 1. The fourth-order valence-electron chi connectivity index (χ4n) is 3.43. The maximum atomic E-state index is 12.9. The third-order valence-corrected chi connectivity index (χ3v) is 8.10. The molecule has 0 radical (unpaired) electrons. The molecule has 0 spiro atoms. The number of sulfonamides is 1. The molecule has 0 bridgehead atoms. The van der Waals surface area contributed by atoms with Gasteiger partial charge in [-0.3, -0.25) is 4.79 Å². The predicted molar refractivity (Wildman–Crippen MR) is 116 cm³/mol. The quantitative estimate of drug-likeness (QED) is 0.688. The number of anilines is 1. The summed E-state index contributed by atoms with van der Waals surface area (Å²) in [6, 6.07) is 5.40. The molecule has 0 saturated carbocycles. The molecule has 9 heteroatoms. The summed E-state index contributed by atoms with van der Waals surface area (Å²) in [5, 5.41) is 4.49. The number of hydrogen-bond acceptors (Lipinski definition) is 6. The lowest BCUT2D eigenvalue weighted by molar-refractivity contribution is 0.0952. The topological polar surface area (TPSA) is 82.6 Å². The number of aromatic nitrogens is 1. The lowest BCUT2D eigenvalue weighted by atomic mass is 10.2. The minimum Gasteiger partial charge on any atom is -0.357 e. The molecule has 1 aliphatic heterocycles. The van der Waals surface area contributed by atoms with Gasteiger partial charge in [0.25, 0.3) is 5.91 Å². The molecular weight excluding hydrogens is 408 g/mol. The van der Waals surface area contributed by atoms with E-state index >= 15 is 0 Å². The number of nitrogens with zero attached hydrogens (tertiary/aromatic N) is 3. The van der Waals surface area contributed by atoms with Crippen LogP contribution in [0.25, 0.3) is 0 Å². The van der Waals surface area contributed by atoms with Crippen LogP contribution in [0.2, 0.25) is 0 Å². The lowest BCUT2D eigenvalue weighted by Crippen LogP contribution is -2.36. The van der Waals surface area contributed by atoms with Crippen molar-refractivity contribution in [2.45, 2.75) is 44.6 Å². The van der Waals surface area contributed by atoms with Crippen LogP contribution in [0.15, 0.2) is 34.7 Å². The van der Waals surface area contributed by atoms with E-state index < -0.39 is 10.0 Å². The van der Waals surface area contributed by atoms with Gasteiger partial charge in [-0.25, -0.2) is 13.4 Å². The predicted octanol–water partition coefficient (Wildman–Crippen LogP) is 3.09. The van der Waals surface area contributed by atoms with E-state index in [1.54, 1.807) is 11.6 Å². The molecule has 1 saturated heterocycles. The molecule has 3 rings (SSSR count). The van der Waals surface area contributed by atoms with Crippen LogP contribution in [0.4, 0.5) is 5.82 Å². The molecule has 1 N–H and O–H groups in total. The maximum absolute atomic E-state index is 12.9. The highest BCUT2D eigenvalue weighted by atomic mass is 32.2. The van der Waals surface area contributed by atoms with E-state index in [1.807, 2.05) is 12.1 Å². The summed E-state index contributed by atoms with van der Waals surface area (Å²) < 4.78 is 27.4. The maximum Gasteiger partial charge on any atom is 0.263 e. The van der Waals surface area contributed by atoms with Gasteiger partial charge in [-0.15, -0.1) is 11.3 Å². The van der Waals surface area contributed by atoms with Gasteiger partial charge < -0.3 is 10.2 Å². The largest absolute Gasteiger partial charge is 0.357 e. The molecule has 158 valence electrons. The number of thiophene rings is 1. The van der Waals surface area contributed by atoms with Gasteiger partial charge in [0.2, 0.25) is 10.0 Å². The summed E-state index contributed by atoms with van der Waals surface area (Å²) in [4.78, 5) is 19.6. The van der Waals surface area contributed by atoms with Crippen LogP contribution in [-0.4, -0.2) is 49.8 Å². The zero-order chi connectivity index (χ0) is 20.9. The van der Waals surface area contributed by atoms with Crippen molar-refractivity contribution in [2.75, 3.05) is 31.1 Å². The fraction of sp³-hybridized carbons (Fsp3) is 0.500. The van der Waals surface area contributed by atoms with Gasteiger partial charge in [-0.2, -0.15) is 4.31 Å². The zero-order valence-electron chi connectivity index (χ0n) is 16.9. The van der Waals surface area contributed by atoms with Crippen molar-refractivity contribution in [2.24, 2.45) is 0 Å². The zero-order valence-corrected chi connectivity index (χ0v) is 18.6. The number of carbonyl (C=O) groups excluding carboxylic acids is 1. The summed E-state index contributed by atoms with van der Waals surface area (Å²) in [6.07, 6.45) is 4.51. The van der Waals surface area contributed by atoms with Crippen molar-refractivity contribution >= 4 is 33.1 Å². The van der Waals surface area contributed by atoms with Gasteiger partial charge in [0.05, 0.1) is 0 Å². The first kappa shape index (κ1) is 21.7. The van der Waals surface area contributed by atoms with Gasteiger partial charge in [-0.1, -0.05) is 12.5 Å². The van der Waals surface area contributed by atoms with Crippen LogP contribution < -0.4 is 10.2 Å². The summed E-state index contributed by atoms with van der Waals surface area (Å²) in [5.41, 5.74) is 0.867. The molecule has 1 aliphatic rings. The normalized spacial score (nSPS) is 15.2. The molecule has 0 aromatic carbocycles. The van der Waals surface area contributed by atoms with Crippen molar-refractivity contribution in [1.82, 2.24) is 14.6 Å². The number of hydrogen-bond donors (Lipinski definition) is 1. The van der Waals surface area contributed by atoms with Crippen LogP contribution in [0.3, 0.4) is 0 Å². The Morgan fingerprint density at radius 2 is 1.90 bits per heavy atom. The van der Waals surface area contributed by atoms with Crippen molar-refractivity contribution in [3.63, 3.8) is 0 Å². The minimum atomic E-state index is -3.63. The summed E-state index contributed by atoms with van der Waals surface area (Å²) in [6.45, 7) is 7.25. The van der Waals surface area contributed by atoms with E-state index in [-0.39, 0.29) is 15.7 Å². The van der Waals surface area contributed by atoms with Crippen molar-refractivity contribution in [3.05, 3.63) is 40.2 Å². The molecule has 1 fully saturated rings. The second kappa shape index (κ2) is 9.69. The van der Waals surface area contributed by atoms with E-state index in [0.717, 1.165) is 55.1 Å². The Morgan fingerprint density at radius 3 is 2.52 bits per heavy atom. The van der Waals surface area contributed by atoms with E-state index in [1.165, 1.54) is 10.4 Å². The smallest absolute Gasteiger partial charge is 0.263 e. The van der Waals surface area contributed by atoms with Crippen molar-refractivity contribution < 1.29 is 13.2 Å². The van der Waals surface area contributed by atoms with E-state index in [2.05, 4.69) is 29.0 Å². The Bertz CT molecular complexity index is 915. The highest BCUT2D eigenvalue weighted by Crippen LogP contribution is 2.27. The van der Waals surface area contributed by atoms with Crippen LogP contribution in [-0.2, 0) is 16.6 Å². The number of pyridine rings is 1. The third kappa shape index (κ3) is 4.96.